The van der Waals surface area contributed by atoms with Gasteiger partial charge in [-0.1, -0.05) is 23.7 Å². The molecule has 4 bridgehead atoms. The van der Waals surface area contributed by atoms with Crippen molar-refractivity contribution in [3.63, 3.8) is 0 Å². The van der Waals surface area contributed by atoms with Crippen LogP contribution in [-0.4, -0.2) is 18.1 Å². The number of ether oxygens (including phenoxy) is 1. The SMILES string of the molecule is C[C@H](NC(=O)[C@@H](C)Oc1ccccc1Cl)C12CC3CC(CC(C3)C1)C2. The molecule has 0 heterocycles. The lowest BCUT2D eigenvalue weighted by Gasteiger charge is -2.59. The largest absolute Gasteiger partial charge is 0.479 e. The summed E-state index contributed by atoms with van der Waals surface area (Å²) in [5, 5.41) is 3.81. The lowest BCUT2D eigenvalue weighted by Crippen LogP contribution is -2.57. The zero-order chi connectivity index (χ0) is 17.6. The first-order valence-electron chi connectivity index (χ1n) is 9.67. The molecule has 25 heavy (non-hydrogen) atoms. The summed E-state index contributed by atoms with van der Waals surface area (Å²) >= 11 is 6.13. The number of halogens is 1. The normalized spacial score (nSPS) is 35.2. The number of hydrogen-bond donors (Lipinski definition) is 1. The summed E-state index contributed by atoms with van der Waals surface area (Å²) in [5.74, 6) is 3.20. The van der Waals surface area contributed by atoms with Gasteiger partial charge >= 0.3 is 0 Å². The van der Waals surface area contributed by atoms with Crippen molar-refractivity contribution in [2.45, 2.75) is 64.5 Å². The Hall–Kier alpha value is -1.22. The van der Waals surface area contributed by atoms with E-state index in [0.29, 0.717) is 16.2 Å². The van der Waals surface area contributed by atoms with Gasteiger partial charge in [0.05, 0.1) is 5.02 Å². The molecular weight excluding hydrogens is 334 g/mol. The maximum Gasteiger partial charge on any atom is 0.261 e. The van der Waals surface area contributed by atoms with Gasteiger partial charge in [-0.2, -0.15) is 0 Å². The Kier molecular flexibility index (Phi) is 4.47. The molecule has 1 aromatic rings. The molecular formula is C21H28ClNO2. The molecule has 2 atom stereocenters. The highest BCUT2D eigenvalue weighted by atomic mass is 35.5. The van der Waals surface area contributed by atoms with E-state index < -0.39 is 6.10 Å². The van der Waals surface area contributed by atoms with Crippen LogP contribution in [-0.2, 0) is 4.79 Å². The van der Waals surface area contributed by atoms with Crippen LogP contribution in [0.5, 0.6) is 5.75 Å². The van der Waals surface area contributed by atoms with Gasteiger partial charge < -0.3 is 10.1 Å². The number of nitrogens with one attached hydrogen (secondary N) is 1. The second-order valence-electron chi connectivity index (χ2n) is 8.70. The number of rotatable bonds is 5. The minimum Gasteiger partial charge on any atom is -0.479 e. The summed E-state index contributed by atoms with van der Waals surface area (Å²) in [5.41, 5.74) is 0.314. The molecule has 4 saturated carbocycles. The van der Waals surface area contributed by atoms with Crippen molar-refractivity contribution >= 4 is 17.5 Å². The van der Waals surface area contributed by atoms with Crippen LogP contribution in [0, 0.1) is 23.2 Å². The van der Waals surface area contributed by atoms with E-state index in [0.717, 1.165) is 17.8 Å². The molecule has 1 amide bonds. The Morgan fingerprint density at radius 1 is 1.12 bits per heavy atom. The average molecular weight is 362 g/mol. The fourth-order valence-corrected chi connectivity index (χ4v) is 6.16. The predicted octanol–water partition coefficient (Wildman–Crippen LogP) is 4.83. The molecule has 5 rings (SSSR count). The van der Waals surface area contributed by atoms with E-state index in [1.807, 2.05) is 12.1 Å². The molecule has 1 N–H and O–H groups in total. The van der Waals surface area contributed by atoms with Gasteiger partial charge in [-0.3, -0.25) is 4.79 Å². The van der Waals surface area contributed by atoms with Crippen molar-refractivity contribution in [1.29, 1.82) is 0 Å². The maximum absolute atomic E-state index is 12.7. The van der Waals surface area contributed by atoms with Crippen molar-refractivity contribution in [2.24, 2.45) is 23.2 Å². The summed E-state index contributed by atoms with van der Waals surface area (Å²) in [6.07, 6.45) is 7.60. The summed E-state index contributed by atoms with van der Waals surface area (Å²) < 4.78 is 5.78. The number of benzene rings is 1. The highest BCUT2D eigenvalue weighted by molar-refractivity contribution is 6.32. The number of amides is 1. The second kappa shape index (κ2) is 6.50. The monoisotopic (exact) mass is 361 g/mol. The molecule has 0 spiro atoms. The molecule has 136 valence electrons. The van der Waals surface area contributed by atoms with Crippen LogP contribution in [0.3, 0.4) is 0 Å². The van der Waals surface area contributed by atoms with Gasteiger partial charge in [0.25, 0.3) is 5.91 Å². The van der Waals surface area contributed by atoms with Gasteiger partial charge in [0.15, 0.2) is 6.10 Å². The molecule has 3 nitrogen and oxygen atoms in total. The third-order valence-corrected chi connectivity index (χ3v) is 7.18. The zero-order valence-corrected chi connectivity index (χ0v) is 15.9. The topological polar surface area (TPSA) is 38.3 Å². The number of carbonyl (C=O) groups excluding carboxylic acids is 1. The van der Waals surface area contributed by atoms with E-state index in [1.165, 1.54) is 38.5 Å². The standard InChI is InChI=1S/C21H28ClNO2/c1-13(25-19-6-4-3-5-18(19)22)20(24)23-14(2)21-10-15-7-16(11-21)9-17(8-15)12-21/h3-6,13-17H,7-12H2,1-2H3,(H,23,24)/t13-,14+,15?,16?,17?,21?/m1/s1. The van der Waals surface area contributed by atoms with E-state index in [4.69, 9.17) is 16.3 Å². The second-order valence-corrected chi connectivity index (χ2v) is 9.11. The van der Waals surface area contributed by atoms with Gasteiger partial charge in [-0.05, 0) is 87.7 Å². The van der Waals surface area contributed by atoms with Crippen LogP contribution < -0.4 is 10.1 Å². The molecule has 4 fully saturated rings. The van der Waals surface area contributed by atoms with E-state index in [9.17, 15) is 4.79 Å². The van der Waals surface area contributed by atoms with Gasteiger partial charge in [0.1, 0.15) is 5.75 Å². The lowest BCUT2D eigenvalue weighted by molar-refractivity contribution is -0.131. The van der Waals surface area contributed by atoms with Crippen molar-refractivity contribution in [3.8, 4) is 5.75 Å². The third-order valence-electron chi connectivity index (χ3n) is 6.87. The first kappa shape index (κ1) is 17.2. The molecule has 4 aliphatic carbocycles. The van der Waals surface area contributed by atoms with Gasteiger partial charge in [-0.15, -0.1) is 0 Å². The van der Waals surface area contributed by atoms with E-state index >= 15 is 0 Å². The highest BCUT2D eigenvalue weighted by Crippen LogP contribution is 2.61. The van der Waals surface area contributed by atoms with E-state index in [-0.39, 0.29) is 11.9 Å². The van der Waals surface area contributed by atoms with Crippen LogP contribution in [0.25, 0.3) is 0 Å². The molecule has 0 radical (unpaired) electrons. The molecule has 4 heteroatoms. The van der Waals surface area contributed by atoms with Crippen LogP contribution in [0.2, 0.25) is 5.02 Å². The van der Waals surface area contributed by atoms with Crippen molar-refractivity contribution in [1.82, 2.24) is 5.32 Å². The number of para-hydroxylation sites is 1. The Labute approximate surface area is 155 Å². The molecule has 0 saturated heterocycles. The first-order valence-corrected chi connectivity index (χ1v) is 10.0. The Bertz CT molecular complexity index is 624. The fourth-order valence-electron chi connectivity index (χ4n) is 5.98. The highest BCUT2D eigenvalue weighted by Gasteiger charge is 2.53. The van der Waals surface area contributed by atoms with E-state index in [1.54, 1.807) is 19.1 Å². The summed E-state index contributed by atoms with van der Waals surface area (Å²) in [6.45, 7) is 4.00. The summed E-state index contributed by atoms with van der Waals surface area (Å²) in [6, 6.07) is 7.51. The Morgan fingerprint density at radius 2 is 1.68 bits per heavy atom. The van der Waals surface area contributed by atoms with Crippen molar-refractivity contribution in [2.75, 3.05) is 0 Å². The van der Waals surface area contributed by atoms with E-state index in [2.05, 4.69) is 12.2 Å². The quantitative estimate of drug-likeness (QED) is 0.815. The van der Waals surface area contributed by atoms with Crippen LogP contribution in [0.15, 0.2) is 24.3 Å². The average Bonchev–Trinajstić information content (AvgIpc) is 2.55. The summed E-state index contributed by atoms with van der Waals surface area (Å²) in [4.78, 5) is 12.7. The fraction of sp³-hybridized carbons (Fsp3) is 0.667. The molecule has 4 aliphatic rings. The van der Waals surface area contributed by atoms with Gasteiger partial charge in [0.2, 0.25) is 0 Å². The third kappa shape index (κ3) is 3.28. The number of hydrogen-bond acceptors (Lipinski definition) is 2. The van der Waals surface area contributed by atoms with Crippen molar-refractivity contribution < 1.29 is 9.53 Å². The molecule has 0 unspecified atom stereocenters. The molecule has 0 aliphatic heterocycles. The minimum atomic E-state index is -0.545. The Morgan fingerprint density at radius 3 is 2.24 bits per heavy atom. The minimum absolute atomic E-state index is 0.0387. The van der Waals surface area contributed by atoms with Crippen molar-refractivity contribution in [3.05, 3.63) is 29.3 Å². The molecule has 1 aromatic carbocycles. The lowest BCUT2D eigenvalue weighted by atomic mass is 9.48. The van der Waals surface area contributed by atoms with Gasteiger partial charge in [-0.25, -0.2) is 0 Å². The Balaban J connectivity index is 1.40. The molecule has 0 aromatic heterocycles. The smallest absolute Gasteiger partial charge is 0.261 e. The van der Waals surface area contributed by atoms with Crippen LogP contribution in [0.1, 0.15) is 52.4 Å². The summed E-state index contributed by atoms with van der Waals surface area (Å²) in [7, 11) is 0. The predicted molar refractivity (Wildman–Crippen MR) is 99.8 cm³/mol. The van der Waals surface area contributed by atoms with Gasteiger partial charge in [0, 0.05) is 6.04 Å². The maximum atomic E-state index is 12.7. The number of carbonyl (C=O) groups is 1. The first-order chi connectivity index (χ1) is 11.9. The van der Waals surface area contributed by atoms with Crippen LogP contribution >= 0.6 is 11.6 Å². The zero-order valence-electron chi connectivity index (χ0n) is 15.1. The van der Waals surface area contributed by atoms with Crippen LogP contribution in [0.4, 0.5) is 0 Å².